The molecule has 0 heterocycles. The molecule has 0 saturated carbocycles. The maximum atomic E-state index is 12.8. The summed E-state index contributed by atoms with van der Waals surface area (Å²) in [5.41, 5.74) is -0.463. The number of amides is 2. The molecule has 2 rings (SSSR count). The number of carbonyl (C=O) groups excluding carboxylic acids is 4. The molecule has 188 valence electrons. The zero-order chi connectivity index (χ0) is 26.0. The normalized spacial score (nSPS) is 10.9. The van der Waals surface area contributed by atoms with Crippen LogP contribution in [0.15, 0.2) is 42.5 Å². The van der Waals surface area contributed by atoms with Crippen LogP contribution in [0.2, 0.25) is 5.02 Å². The lowest BCUT2D eigenvalue weighted by Crippen LogP contribution is -2.21. The van der Waals surface area contributed by atoms with Gasteiger partial charge in [-0.05, 0) is 55.8 Å². The first-order valence-corrected chi connectivity index (χ1v) is 10.8. The SMILES string of the molecule is CCOC(=O)c1ccc(NC(=O)COC(=O)CCCC(=O)Nc2cc(C(F)(F)F)ccc2Cl)cc1. The molecule has 2 aromatic rings. The van der Waals surface area contributed by atoms with Crippen LogP contribution < -0.4 is 10.6 Å². The molecule has 0 fully saturated rings. The molecule has 35 heavy (non-hydrogen) atoms. The number of esters is 2. The zero-order valence-electron chi connectivity index (χ0n) is 18.5. The van der Waals surface area contributed by atoms with E-state index >= 15 is 0 Å². The van der Waals surface area contributed by atoms with Gasteiger partial charge in [-0.15, -0.1) is 0 Å². The second-order valence-electron chi connectivity index (χ2n) is 7.10. The van der Waals surface area contributed by atoms with Crippen LogP contribution in [-0.2, 0) is 30.0 Å². The minimum Gasteiger partial charge on any atom is -0.462 e. The molecule has 2 aromatic carbocycles. The van der Waals surface area contributed by atoms with Gasteiger partial charge in [0.2, 0.25) is 5.91 Å². The van der Waals surface area contributed by atoms with Crippen molar-refractivity contribution in [2.45, 2.75) is 32.4 Å². The van der Waals surface area contributed by atoms with Gasteiger partial charge in [0, 0.05) is 18.5 Å². The van der Waals surface area contributed by atoms with Crippen LogP contribution in [0.1, 0.15) is 42.1 Å². The van der Waals surface area contributed by atoms with Crippen molar-refractivity contribution in [3.8, 4) is 0 Å². The van der Waals surface area contributed by atoms with Crippen molar-refractivity contribution in [1.29, 1.82) is 0 Å². The van der Waals surface area contributed by atoms with Gasteiger partial charge < -0.3 is 20.1 Å². The molecule has 0 aromatic heterocycles. The van der Waals surface area contributed by atoms with E-state index in [1.54, 1.807) is 6.92 Å². The highest BCUT2D eigenvalue weighted by molar-refractivity contribution is 6.33. The molecule has 0 saturated heterocycles. The standard InChI is InChI=1S/C23H22ClF3N2O6/c1-2-34-22(33)14-6-9-16(10-7-14)28-20(31)13-35-21(32)5-3-4-19(30)29-18-12-15(23(25,26)27)8-11-17(18)24/h6-12H,2-5,13H2,1H3,(H,28,31)(H,29,30). The van der Waals surface area contributed by atoms with Crippen LogP contribution in [0.25, 0.3) is 0 Å². The number of rotatable bonds is 10. The smallest absolute Gasteiger partial charge is 0.416 e. The fourth-order valence-corrected chi connectivity index (χ4v) is 2.89. The fourth-order valence-electron chi connectivity index (χ4n) is 2.72. The molecule has 2 N–H and O–H groups in total. The summed E-state index contributed by atoms with van der Waals surface area (Å²) in [5.74, 6) is -2.48. The first-order chi connectivity index (χ1) is 16.5. The minimum absolute atomic E-state index is 0.0399. The minimum atomic E-state index is -4.59. The van der Waals surface area contributed by atoms with Gasteiger partial charge in [-0.2, -0.15) is 13.2 Å². The van der Waals surface area contributed by atoms with Gasteiger partial charge in [-0.25, -0.2) is 4.79 Å². The van der Waals surface area contributed by atoms with E-state index < -0.39 is 42.1 Å². The van der Waals surface area contributed by atoms with Gasteiger partial charge in [0.25, 0.3) is 5.91 Å². The van der Waals surface area contributed by atoms with Crippen molar-refractivity contribution >= 4 is 46.7 Å². The lowest BCUT2D eigenvalue weighted by Gasteiger charge is -2.11. The molecule has 0 unspecified atom stereocenters. The number of carbonyl (C=O) groups is 4. The molecule has 12 heteroatoms. The topological polar surface area (TPSA) is 111 Å². The van der Waals surface area contributed by atoms with E-state index in [4.69, 9.17) is 21.1 Å². The Morgan fingerprint density at radius 3 is 2.23 bits per heavy atom. The van der Waals surface area contributed by atoms with E-state index in [-0.39, 0.29) is 36.6 Å². The van der Waals surface area contributed by atoms with Crippen molar-refractivity contribution in [3.63, 3.8) is 0 Å². The summed E-state index contributed by atoms with van der Waals surface area (Å²) in [4.78, 5) is 47.3. The number of halogens is 4. The molecule has 0 atom stereocenters. The van der Waals surface area contributed by atoms with Gasteiger partial charge in [-0.3, -0.25) is 14.4 Å². The Kier molecular flexibility index (Phi) is 10.1. The second-order valence-corrected chi connectivity index (χ2v) is 7.51. The maximum absolute atomic E-state index is 12.8. The van der Waals surface area contributed by atoms with Gasteiger partial charge in [0.15, 0.2) is 6.61 Å². The fraction of sp³-hybridized carbons (Fsp3) is 0.304. The predicted octanol–water partition coefficient (Wildman–Crippen LogP) is 4.83. The van der Waals surface area contributed by atoms with Crippen molar-refractivity contribution < 1.29 is 41.8 Å². The molecule has 0 aliphatic rings. The molecule has 0 aliphatic heterocycles. The van der Waals surface area contributed by atoms with Crippen LogP contribution in [0.5, 0.6) is 0 Å². The van der Waals surface area contributed by atoms with Gasteiger partial charge in [0.05, 0.1) is 28.4 Å². The van der Waals surface area contributed by atoms with E-state index in [2.05, 4.69) is 10.6 Å². The van der Waals surface area contributed by atoms with Gasteiger partial charge >= 0.3 is 18.1 Å². The summed E-state index contributed by atoms with van der Waals surface area (Å²) in [5, 5.41) is 4.71. The number of alkyl halides is 3. The highest BCUT2D eigenvalue weighted by Gasteiger charge is 2.31. The molecular formula is C23H22ClF3N2O6. The molecule has 0 aliphatic carbocycles. The van der Waals surface area contributed by atoms with E-state index in [1.165, 1.54) is 24.3 Å². The van der Waals surface area contributed by atoms with Crippen molar-refractivity contribution in [2.24, 2.45) is 0 Å². The molecular weight excluding hydrogens is 493 g/mol. The van der Waals surface area contributed by atoms with Gasteiger partial charge in [0.1, 0.15) is 0 Å². The van der Waals surface area contributed by atoms with Crippen LogP contribution in [0.4, 0.5) is 24.5 Å². The van der Waals surface area contributed by atoms with E-state index in [0.717, 1.165) is 18.2 Å². The highest BCUT2D eigenvalue weighted by Crippen LogP contribution is 2.33. The van der Waals surface area contributed by atoms with Crippen LogP contribution >= 0.6 is 11.6 Å². The Hall–Kier alpha value is -3.60. The van der Waals surface area contributed by atoms with Crippen molar-refractivity contribution in [2.75, 3.05) is 23.8 Å². The lowest BCUT2D eigenvalue weighted by molar-refractivity contribution is -0.147. The van der Waals surface area contributed by atoms with Crippen LogP contribution in [0, 0.1) is 0 Å². The van der Waals surface area contributed by atoms with Crippen molar-refractivity contribution in [1.82, 2.24) is 0 Å². The summed E-state index contributed by atoms with van der Waals surface area (Å²) in [7, 11) is 0. The third kappa shape index (κ3) is 9.28. The number of anilines is 2. The predicted molar refractivity (Wildman–Crippen MR) is 121 cm³/mol. The summed E-state index contributed by atoms with van der Waals surface area (Å²) in [6, 6.07) is 8.45. The third-order valence-corrected chi connectivity index (χ3v) is 4.73. The van der Waals surface area contributed by atoms with E-state index in [1.807, 2.05) is 0 Å². The first kappa shape index (κ1) is 27.6. The lowest BCUT2D eigenvalue weighted by atomic mass is 10.2. The Bertz CT molecular complexity index is 1070. The second kappa shape index (κ2) is 12.7. The molecule has 0 bridgehead atoms. The van der Waals surface area contributed by atoms with Crippen LogP contribution in [0.3, 0.4) is 0 Å². The average molecular weight is 515 g/mol. The Labute approximate surface area is 203 Å². The monoisotopic (exact) mass is 514 g/mol. The quantitative estimate of drug-likeness (QED) is 0.439. The maximum Gasteiger partial charge on any atom is 0.416 e. The largest absolute Gasteiger partial charge is 0.462 e. The van der Waals surface area contributed by atoms with Crippen LogP contribution in [-0.4, -0.2) is 37.0 Å². The Morgan fingerprint density at radius 2 is 1.60 bits per heavy atom. The number of ether oxygens (including phenoxy) is 2. The molecule has 2 amide bonds. The number of hydrogen-bond donors (Lipinski definition) is 2. The Morgan fingerprint density at radius 1 is 0.914 bits per heavy atom. The summed E-state index contributed by atoms with van der Waals surface area (Å²) in [6.07, 6.45) is -4.92. The van der Waals surface area contributed by atoms with Gasteiger partial charge in [-0.1, -0.05) is 11.6 Å². The third-order valence-electron chi connectivity index (χ3n) is 4.40. The summed E-state index contributed by atoms with van der Waals surface area (Å²) < 4.78 is 48.1. The summed E-state index contributed by atoms with van der Waals surface area (Å²) in [6.45, 7) is 1.35. The molecule has 0 spiro atoms. The van der Waals surface area contributed by atoms with Crippen molar-refractivity contribution in [3.05, 3.63) is 58.6 Å². The average Bonchev–Trinajstić information content (AvgIpc) is 2.79. The zero-order valence-corrected chi connectivity index (χ0v) is 19.3. The summed E-state index contributed by atoms with van der Waals surface area (Å²) >= 11 is 5.82. The highest BCUT2D eigenvalue weighted by atomic mass is 35.5. The Balaban J connectivity index is 1.71. The molecule has 8 nitrogen and oxygen atoms in total. The first-order valence-electron chi connectivity index (χ1n) is 10.4. The number of benzene rings is 2. The number of nitrogens with one attached hydrogen (secondary N) is 2. The van der Waals surface area contributed by atoms with E-state index in [0.29, 0.717) is 11.3 Å². The van der Waals surface area contributed by atoms with E-state index in [9.17, 15) is 32.3 Å². The molecule has 0 radical (unpaired) electrons. The number of hydrogen-bond acceptors (Lipinski definition) is 6.